The van der Waals surface area contributed by atoms with Crippen molar-refractivity contribution in [3.8, 4) is 17.1 Å². The van der Waals surface area contributed by atoms with E-state index < -0.39 is 0 Å². The van der Waals surface area contributed by atoms with Gasteiger partial charge in [-0.2, -0.15) is 0 Å². The predicted octanol–water partition coefficient (Wildman–Crippen LogP) is 5.51. The first-order valence-electron chi connectivity index (χ1n) is 11.9. The van der Waals surface area contributed by atoms with Crippen LogP contribution in [0.3, 0.4) is 0 Å². The second-order valence-corrected chi connectivity index (χ2v) is 9.48. The molecule has 4 rings (SSSR count). The van der Waals surface area contributed by atoms with Crippen molar-refractivity contribution in [3.05, 3.63) is 89.2 Å². The van der Waals surface area contributed by atoms with Crippen LogP contribution in [0.5, 0.6) is 0 Å². The van der Waals surface area contributed by atoms with E-state index in [-0.39, 0.29) is 11.7 Å². The zero-order valence-electron chi connectivity index (χ0n) is 20.7. The third-order valence-electron chi connectivity index (χ3n) is 6.03. The largest absolute Gasteiger partial charge is 0.341 e. The molecule has 0 fully saturated rings. The molecule has 4 aromatic rings. The van der Waals surface area contributed by atoms with Crippen molar-refractivity contribution in [1.29, 1.82) is 0 Å². The van der Waals surface area contributed by atoms with Crippen molar-refractivity contribution in [1.82, 2.24) is 24.6 Å². The highest BCUT2D eigenvalue weighted by molar-refractivity contribution is 7.99. The first kappa shape index (κ1) is 24.7. The quantitative estimate of drug-likeness (QED) is 0.292. The molecule has 0 saturated heterocycles. The van der Waals surface area contributed by atoms with Gasteiger partial charge in [-0.3, -0.25) is 14.3 Å². The van der Waals surface area contributed by atoms with Gasteiger partial charge >= 0.3 is 0 Å². The summed E-state index contributed by atoms with van der Waals surface area (Å²) in [6.45, 7) is 6.95. The summed E-state index contributed by atoms with van der Waals surface area (Å²) in [6, 6.07) is 18.6. The second kappa shape index (κ2) is 11.3. The molecule has 0 bridgehead atoms. The van der Waals surface area contributed by atoms with Gasteiger partial charge in [0.05, 0.1) is 11.4 Å². The maximum absolute atomic E-state index is 13.0. The van der Waals surface area contributed by atoms with Gasteiger partial charge in [0.2, 0.25) is 5.91 Å². The average Bonchev–Trinajstić information content (AvgIpc) is 3.31. The van der Waals surface area contributed by atoms with Gasteiger partial charge in [0.1, 0.15) is 0 Å². The number of hydrogen-bond acceptors (Lipinski definition) is 5. The molecule has 180 valence electrons. The van der Waals surface area contributed by atoms with Crippen LogP contribution in [0.4, 0.5) is 0 Å². The summed E-state index contributed by atoms with van der Waals surface area (Å²) in [5.41, 5.74) is 6.76. The fourth-order valence-corrected chi connectivity index (χ4v) is 4.92. The Hall–Kier alpha value is -3.45. The summed E-state index contributed by atoms with van der Waals surface area (Å²) in [5.74, 6) is 1.06. The summed E-state index contributed by atoms with van der Waals surface area (Å²) in [6.07, 6.45) is 5.32. The Kier molecular flexibility index (Phi) is 7.98. The molecule has 0 aliphatic heterocycles. The monoisotopic (exact) mass is 485 g/mol. The zero-order valence-corrected chi connectivity index (χ0v) is 21.5. The van der Waals surface area contributed by atoms with E-state index in [1.165, 1.54) is 28.5 Å². The summed E-state index contributed by atoms with van der Waals surface area (Å²) in [7, 11) is 1.84. The summed E-state index contributed by atoms with van der Waals surface area (Å²) < 4.78 is 2.10. The molecular formula is C28H31N5OS. The van der Waals surface area contributed by atoms with Gasteiger partial charge < -0.3 is 4.90 Å². The summed E-state index contributed by atoms with van der Waals surface area (Å²) in [5, 5.41) is 9.77. The molecule has 0 saturated carbocycles. The molecule has 2 aromatic carbocycles. The molecule has 0 atom stereocenters. The lowest BCUT2D eigenvalue weighted by molar-refractivity contribution is -0.127. The standard InChI is InChI=1S/C28H31N5OS/c1-5-22-9-7-10-23(6-2)26(22)33-27(24-11-8-16-29-17-24)30-31-28(33)35-19-25(34)32(4)18-21-14-12-20(3)13-15-21/h7-17H,5-6,18-19H2,1-4H3. The molecule has 0 aliphatic rings. The van der Waals surface area contributed by atoms with E-state index >= 15 is 0 Å². The Bertz CT molecular complexity index is 1260. The normalized spacial score (nSPS) is 11.0. The van der Waals surface area contributed by atoms with Gasteiger partial charge in [-0.1, -0.05) is 73.6 Å². The van der Waals surface area contributed by atoms with Crippen LogP contribution >= 0.6 is 11.8 Å². The van der Waals surface area contributed by atoms with Crippen LogP contribution in [0.1, 0.15) is 36.1 Å². The van der Waals surface area contributed by atoms with Crippen LogP contribution in [-0.2, 0) is 24.2 Å². The van der Waals surface area contributed by atoms with Gasteiger partial charge in [-0.25, -0.2) is 0 Å². The molecule has 7 heteroatoms. The van der Waals surface area contributed by atoms with Gasteiger partial charge in [0, 0.05) is 31.5 Å². The highest BCUT2D eigenvalue weighted by atomic mass is 32.2. The van der Waals surface area contributed by atoms with Crippen LogP contribution in [0.15, 0.2) is 72.1 Å². The Morgan fingerprint density at radius 2 is 1.69 bits per heavy atom. The van der Waals surface area contributed by atoms with E-state index in [4.69, 9.17) is 0 Å². The van der Waals surface area contributed by atoms with Gasteiger partial charge in [0.15, 0.2) is 11.0 Å². The third-order valence-corrected chi connectivity index (χ3v) is 6.95. The average molecular weight is 486 g/mol. The van der Waals surface area contributed by atoms with Crippen LogP contribution in [0.25, 0.3) is 17.1 Å². The van der Waals surface area contributed by atoms with Crippen molar-refractivity contribution in [3.63, 3.8) is 0 Å². The smallest absolute Gasteiger partial charge is 0.233 e. The Balaban J connectivity index is 1.64. The van der Waals surface area contributed by atoms with Gasteiger partial charge in [-0.05, 0) is 48.6 Å². The minimum absolute atomic E-state index is 0.0487. The van der Waals surface area contributed by atoms with Crippen molar-refractivity contribution in [2.24, 2.45) is 0 Å². The molecule has 2 aromatic heterocycles. The molecule has 35 heavy (non-hydrogen) atoms. The summed E-state index contributed by atoms with van der Waals surface area (Å²) >= 11 is 1.42. The number of thioether (sulfide) groups is 1. The third kappa shape index (κ3) is 5.62. The molecule has 0 unspecified atom stereocenters. The number of para-hydroxylation sites is 1. The van der Waals surface area contributed by atoms with Crippen molar-refractivity contribution in [2.45, 2.75) is 45.3 Å². The summed E-state index contributed by atoms with van der Waals surface area (Å²) in [4.78, 5) is 19.0. The number of rotatable bonds is 9. The molecule has 0 N–H and O–H groups in total. The first-order chi connectivity index (χ1) is 17.0. The molecule has 0 radical (unpaired) electrons. The fraction of sp³-hybridized carbons (Fsp3) is 0.286. The molecule has 0 aliphatic carbocycles. The SMILES string of the molecule is CCc1cccc(CC)c1-n1c(SCC(=O)N(C)Cc2ccc(C)cc2)nnc1-c1cccnc1. The van der Waals surface area contributed by atoms with Gasteiger partial charge in [0.25, 0.3) is 0 Å². The van der Waals surface area contributed by atoms with E-state index in [0.717, 1.165) is 35.5 Å². The Morgan fingerprint density at radius 1 is 0.971 bits per heavy atom. The molecule has 2 heterocycles. The van der Waals surface area contributed by atoms with Gasteiger partial charge in [-0.15, -0.1) is 10.2 Å². The molecule has 1 amide bonds. The number of aryl methyl sites for hydroxylation is 3. The molecule has 6 nitrogen and oxygen atoms in total. The number of pyridine rings is 1. The number of aromatic nitrogens is 4. The van der Waals surface area contributed by atoms with E-state index in [1.807, 2.05) is 19.2 Å². The fourth-order valence-electron chi connectivity index (χ4n) is 4.04. The van der Waals surface area contributed by atoms with E-state index in [0.29, 0.717) is 11.7 Å². The zero-order chi connectivity index (χ0) is 24.8. The number of amides is 1. The Morgan fingerprint density at radius 3 is 2.31 bits per heavy atom. The van der Waals surface area contributed by atoms with Crippen molar-refractivity contribution >= 4 is 17.7 Å². The predicted molar refractivity (Wildman–Crippen MR) is 142 cm³/mol. The minimum atomic E-state index is 0.0487. The van der Waals surface area contributed by atoms with Crippen LogP contribution in [-0.4, -0.2) is 43.4 Å². The first-order valence-corrected chi connectivity index (χ1v) is 12.9. The molecule has 0 spiro atoms. The highest BCUT2D eigenvalue weighted by Gasteiger charge is 2.22. The molecular weight excluding hydrogens is 454 g/mol. The van der Waals surface area contributed by atoms with E-state index in [9.17, 15) is 4.79 Å². The van der Waals surface area contributed by atoms with E-state index in [1.54, 1.807) is 17.3 Å². The van der Waals surface area contributed by atoms with Crippen LogP contribution in [0, 0.1) is 6.92 Å². The topological polar surface area (TPSA) is 63.9 Å². The number of nitrogens with zero attached hydrogens (tertiary/aromatic N) is 5. The number of hydrogen-bond donors (Lipinski definition) is 0. The van der Waals surface area contributed by atoms with Crippen LogP contribution in [0.2, 0.25) is 0 Å². The number of benzene rings is 2. The highest BCUT2D eigenvalue weighted by Crippen LogP contribution is 2.32. The van der Waals surface area contributed by atoms with Crippen molar-refractivity contribution in [2.75, 3.05) is 12.8 Å². The maximum Gasteiger partial charge on any atom is 0.233 e. The lowest BCUT2D eigenvalue weighted by atomic mass is 10.0. The minimum Gasteiger partial charge on any atom is -0.341 e. The second-order valence-electron chi connectivity index (χ2n) is 8.54. The van der Waals surface area contributed by atoms with Crippen LogP contribution < -0.4 is 0 Å². The Labute approximate surface area is 211 Å². The maximum atomic E-state index is 13.0. The lowest BCUT2D eigenvalue weighted by Gasteiger charge is -2.19. The number of carbonyl (C=O) groups is 1. The lowest BCUT2D eigenvalue weighted by Crippen LogP contribution is -2.27. The number of carbonyl (C=O) groups excluding carboxylic acids is 1. The van der Waals surface area contributed by atoms with Crippen molar-refractivity contribution < 1.29 is 4.79 Å². The van der Waals surface area contributed by atoms with E-state index in [2.05, 4.69) is 83.0 Å².